The van der Waals surface area contributed by atoms with Crippen LogP contribution < -0.4 is 5.32 Å². The third-order valence-corrected chi connectivity index (χ3v) is 5.69. The number of thiophene rings is 1. The molecular weight excluding hydrogens is 264 g/mol. The Morgan fingerprint density at radius 2 is 2.00 bits per heavy atom. The summed E-state index contributed by atoms with van der Waals surface area (Å²) >= 11 is 1.94. The van der Waals surface area contributed by atoms with E-state index >= 15 is 0 Å². The van der Waals surface area contributed by atoms with Crippen LogP contribution in [-0.4, -0.2) is 25.0 Å². The molecule has 2 nitrogen and oxygen atoms in total. The van der Waals surface area contributed by atoms with Crippen molar-refractivity contribution >= 4 is 21.4 Å². The first-order chi connectivity index (χ1) is 9.79. The molecule has 1 aromatic heterocycles. The number of rotatable bonds is 5. The van der Waals surface area contributed by atoms with Gasteiger partial charge < -0.3 is 5.32 Å². The maximum absolute atomic E-state index is 3.32. The van der Waals surface area contributed by atoms with E-state index in [1.165, 1.54) is 46.2 Å². The second-order valence-corrected chi connectivity index (χ2v) is 7.02. The molecule has 20 heavy (non-hydrogen) atoms. The average molecular weight is 288 g/mol. The average Bonchev–Trinajstić information content (AvgIpc) is 3.08. The van der Waals surface area contributed by atoms with Crippen LogP contribution in [-0.2, 0) is 13.1 Å². The Bertz CT molecular complexity index is 569. The summed E-state index contributed by atoms with van der Waals surface area (Å²) in [5, 5.41) is 4.77. The molecule has 0 spiro atoms. The maximum Gasteiger partial charge on any atom is 0.0349 e. The molecule has 1 aromatic carbocycles. The van der Waals surface area contributed by atoms with E-state index in [1.54, 1.807) is 0 Å². The zero-order valence-corrected chi connectivity index (χ0v) is 13.3. The number of hydrogen-bond acceptors (Lipinski definition) is 3. The van der Waals surface area contributed by atoms with Gasteiger partial charge >= 0.3 is 0 Å². The molecule has 1 aliphatic carbocycles. The van der Waals surface area contributed by atoms with Crippen molar-refractivity contribution in [3.8, 4) is 0 Å². The van der Waals surface area contributed by atoms with Crippen LogP contribution in [0.5, 0.6) is 0 Å². The first-order valence-electron chi connectivity index (χ1n) is 7.63. The van der Waals surface area contributed by atoms with Crippen LogP contribution in [0, 0.1) is 0 Å². The highest BCUT2D eigenvalue weighted by atomic mass is 32.1. The molecule has 3 heteroatoms. The van der Waals surface area contributed by atoms with Crippen LogP contribution in [0.1, 0.15) is 36.1 Å². The van der Waals surface area contributed by atoms with Crippen LogP contribution in [0.3, 0.4) is 0 Å². The van der Waals surface area contributed by atoms with Gasteiger partial charge in [-0.05, 0) is 44.0 Å². The Balaban J connectivity index is 1.89. The lowest BCUT2D eigenvalue weighted by molar-refractivity contribution is 0.238. The molecule has 0 radical (unpaired) electrons. The fourth-order valence-electron chi connectivity index (χ4n) is 3.35. The van der Waals surface area contributed by atoms with Gasteiger partial charge in [0, 0.05) is 28.7 Å². The highest BCUT2D eigenvalue weighted by molar-refractivity contribution is 7.19. The molecule has 1 N–H and O–H groups in total. The molecule has 108 valence electrons. The van der Waals surface area contributed by atoms with Crippen LogP contribution in [0.2, 0.25) is 0 Å². The first-order valence-corrected chi connectivity index (χ1v) is 8.45. The van der Waals surface area contributed by atoms with E-state index in [4.69, 9.17) is 0 Å². The monoisotopic (exact) mass is 288 g/mol. The van der Waals surface area contributed by atoms with Gasteiger partial charge in [0.25, 0.3) is 0 Å². The highest BCUT2D eigenvalue weighted by Gasteiger charge is 2.21. The normalized spacial score (nSPS) is 16.6. The first kappa shape index (κ1) is 14.1. The molecule has 2 aromatic rings. The van der Waals surface area contributed by atoms with Crippen molar-refractivity contribution in [2.75, 3.05) is 14.1 Å². The second kappa shape index (κ2) is 6.25. The van der Waals surface area contributed by atoms with Crippen LogP contribution >= 0.6 is 11.3 Å². The number of benzene rings is 1. The van der Waals surface area contributed by atoms with Crippen LogP contribution in [0.25, 0.3) is 10.1 Å². The summed E-state index contributed by atoms with van der Waals surface area (Å²) in [4.78, 5) is 4.07. The number of nitrogens with zero attached hydrogens (tertiary/aromatic N) is 1. The van der Waals surface area contributed by atoms with Gasteiger partial charge in [-0.2, -0.15) is 0 Å². The Morgan fingerprint density at radius 3 is 2.75 bits per heavy atom. The molecule has 0 amide bonds. The maximum atomic E-state index is 3.32. The summed E-state index contributed by atoms with van der Waals surface area (Å²) in [6.07, 6.45) is 5.56. The van der Waals surface area contributed by atoms with Crippen LogP contribution in [0.4, 0.5) is 0 Å². The van der Waals surface area contributed by atoms with Gasteiger partial charge in [0.1, 0.15) is 0 Å². The summed E-state index contributed by atoms with van der Waals surface area (Å²) in [5.74, 6) is 0. The van der Waals surface area contributed by atoms with E-state index in [0.29, 0.717) is 0 Å². The smallest absolute Gasteiger partial charge is 0.0349 e. The fourth-order valence-corrected chi connectivity index (χ4v) is 4.58. The minimum Gasteiger partial charge on any atom is -0.315 e. The van der Waals surface area contributed by atoms with Crippen LogP contribution in [0.15, 0.2) is 24.3 Å². The topological polar surface area (TPSA) is 15.3 Å². The van der Waals surface area contributed by atoms with Crippen molar-refractivity contribution < 1.29 is 0 Å². The van der Waals surface area contributed by atoms with Gasteiger partial charge in [0.15, 0.2) is 0 Å². The summed E-state index contributed by atoms with van der Waals surface area (Å²) in [6, 6.07) is 9.63. The molecule has 1 saturated carbocycles. The predicted octanol–water partition coefficient (Wildman–Crippen LogP) is 4.00. The van der Waals surface area contributed by atoms with Crippen molar-refractivity contribution in [1.82, 2.24) is 10.2 Å². The molecule has 0 bridgehead atoms. The third kappa shape index (κ3) is 2.76. The van der Waals surface area contributed by atoms with Crippen molar-refractivity contribution in [2.24, 2.45) is 0 Å². The standard InChI is InChI=1S/C17H24N2S/c1-18-11-17-15(12-19(2)13-7-3-4-8-13)14-9-5-6-10-16(14)20-17/h5-6,9-10,13,18H,3-4,7-8,11-12H2,1-2H3. The molecule has 0 saturated heterocycles. The SMILES string of the molecule is CNCc1sc2ccccc2c1CN(C)C1CCCC1. The van der Waals surface area contributed by atoms with Gasteiger partial charge in [-0.1, -0.05) is 31.0 Å². The Kier molecular flexibility index (Phi) is 4.39. The number of fused-ring (bicyclic) bond motifs is 1. The molecule has 1 fully saturated rings. The van der Waals surface area contributed by atoms with Gasteiger partial charge in [0.2, 0.25) is 0 Å². The zero-order valence-electron chi connectivity index (χ0n) is 12.5. The van der Waals surface area contributed by atoms with E-state index in [-0.39, 0.29) is 0 Å². The Morgan fingerprint density at radius 1 is 1.25 bits per heavy atom. The molecule has 0 unspecified atom stereocenters. The van der Waals surface area contributed by atoms with Gasteiger partial charge in [-0.25, -0.2) is 0 Å². The predicted molar refractivity (Wildman–Crippen MR) is 88.3 cm³/mol. The molecule has 1 aliphatic rings. The van der Waals surface area contributed by atoms with Crippen molar-refractivity contribution in [3.05, 3.63) is 34.7 Å². The van der Waals surface area contributed by atoms with E-state index in [2.05, 4.69) is 41.5 Å². The zero-order chi connectivity index (χ0) is 13.9. The molecule has 1 heterocycles. The number of hydrogen-bond donors (Lipinski definition) is 1. The Hall–Kier alpha value is -0.900. The molecule has 3 rings (SSSR count). The summed E-state index contributed by atoms with van der Waals surface area (Å²) < 4.78 is 1.42. The van der Waals surface area contributed by atoms with Crippen molar-refractivity contribution in [1.29, 1.82) is 0 Å². The summed E-state index contributed by atoms with van der Waals surface area (Å²) in [5.41, 5.74) is 1.54. The van der Waals surface area contributed by atoms with Gasteiger partial charge in [0.05, 0.1) is 0 Å². The highest BCUT2D eigenvalue weighted by Crippen LogP contribution is 2.33. The van der Waals surface area contributed by atoms with Gasteiger partial charge in [-0.15, -0.1) is 11.3 Å². The van der Waals surface area contributed by atoms with E-state index < -0.39 is 0 Å². The number of nitrogens with one attached hydrogen (secondary N) is 1. The third-order valence-electron chi connectivity index (χ3n) is 4.47. The second-order valence-electron chi connectivity index (χ2n) is 5.88. The molecular formula is C17H24N2S. The summed E-state index contributed by atoms with van der Waals surface area (Å²) in [6.45, 7) is 2.07. The Labute approximate surface area is 125 Å². The lowest BCUT2D eigenvalue weighted by Crippen LogP contribution is -2.28. The lowest BCUT2D eigenvalue weighted by Gasteiger charge is -2.24. The lowest BCUT2D eigenvalue weighted by atomic mass is 10.1. The van der Waals surface area contributed by atoms with Crippen molar-refractivity contribution in [3.63, 3.8) is 0 Å². The quantitative estimate of drug-likeness (QED) is 0.895. The fraction of sp³-hybridized carbons (Fsp3) is 0.529. The minimum absolute atomic E-state index is 0.788. The van der Waals surface area contributed by atoms with E-state index in [1.807, 2.05) is 18.4 Å². The molecule has 0 atom stereocenters. The minimum atomic E-state index is 0.788. The largest absolute Gasteiger partial charge is 0.315 e. The van der Waals surface area contributed by atoms with Gasteiger partial charge in [-0.3, -0.25) is 4.90 Å². The van der Waals surface area contributed by atoms with Crippen molar-refractivity contribution in [2.45, 2.75) is 44.8 Å². The molecule has 0 aliphatic heterocycles. The van der Waals surface area contributed by atoms with E-state index in [9.17, 15) is 0 Å². The van der Waals surface area contributed by atoms with E-state index in [0.717, 1.165) is 19.1 Å². The summed E-state index contributed by atoms with van der Waals surface area (Å²) in [7, 11) is 4.33.